The van der Waals surface area contributed by atoms with Crippen LogP contribution in [0.1, 0.15) is 110 Å². The summed E-state index contributed by atoms with van der Waals surface area (Å²) in [5.74, 6) is -0.362. The van der Waals surface area contributed by atoms with Gasteiger partial charge in [-0.3, -0.25) is 9.59 Å². The third-order valence-corrected chi connectivity index (χ3v) is 4.21. The summed E-state index contributed by atoms with van der Waals surface area (Å²) in [5, 5.41) is 0. The average Bonchev–Trinajstić information content (AvgIpc) is 2.52. The monoisotopic (exact) mass is 326 g/mol. The maximum absolute atomic E-state index is 11.5. The van der Waals surface area contributed by atoms with Crippen LogP contribution in [0.3, 0.4) is 0 Å². The molecule has 0 aromatic rings. The normalized spacial score (nSPS) is 10.7. The van der Waals surface area contributed by atoms with Crippen molar-refractivity contribution in [3.8, 4) is 0 Å². The predicted octanol–water partition coefficient (Wildman–Crippen LogP) is 5.99. The van der Waals surface area contributed by atoms with E-state index in [1.807, 2.05) is 0 Å². The van der Waals surface area contributed by atoms with Crippen molar-refractivity contribution < 1.29 is 14.3 Å². The second-order valence-corrected chi connectivity index (χ2v) is 6.51. The van der Waals surface area contributed by atoms with E-state index in [4.69, 9.17) is 4.74 Å². The number of Topliss-reactive ketones (excluding diaryl/α,β-unsaturated/α-hetero) is 1. The van der Waals surface area contributed by atoms with E-state index >= 15 is 0 Å². The van der Waals surface area contributed by atoms with Crippen LogP contribution < -0.4 is 0 Å². The minimum Gasteiger partial charge on any atom is -0.466 e. The van der Waals surface area contributed by atoms with E-state index in [1.54, 1.807) is 6.92 Å². The number of carbonyl (C=O) groups is 2. The van der Waals surface area contributed by atoms with Crippen LogP contribution in [0.2, 0.25) is 0 Å². The Bertz CT molecular complexity index is 287. The molecular weight excluding hydrogens is 288 g/mol. The minimum absolute atomic E-state index is 0.0199. The fourth-order valence-electron chi connectivity index (χ4n) is 2.80. The molecule has 0 bridgehead atoms. The molecule has 0 heterocycles. The van der Waals surface area contributed by atoms with Gasteiger partial charge in [0.05, 0.1) is 6.61 Å². The predicted molar refractivity (Wildman–Crippen MR) is 96.6 cm³/mol. The van der Waals surface area contributed by atoms with E-state index in [1.165, 1.54) is 70.6 Å². The lowest BCUT2D eigenvalue weighted by Gasteiger charge is -2.03. The highest BCUT2D eigenvalue weighted by Crippen LogP contribution is 2.13. The van der Waals surface area contributed by atoms with Crippen LogP contribution in [0, 0.1) is 0 Å². The lowest BCUT2D eigenvalue weighted by molar-refractivity contribution is -0.145. The van der Waals surface area contributed by atoms with Crippen molar-refractivity contribution in [3.05, 3.63) is 0 Å². The maximum Gasteiger partial charge on any atom is 0.313 e. The van der Waals surface area contributed by atoms with Crippen molar-refractivity contribution in [2.75, 3.05) is 6.61 Å². The molecule has 0 spiro atoms. The quantitative estimate of drug-likeness (QED) is 0.187. The Morgan fingerprint density at radius 2 is 1.09 bits per heavy atom. The highest BCUT2D eigenvalue weighted by Gasteiger charge is 2.09. The summed E-state index contributed by atoms with van der Waals surface area (Å²) in [7, 11) is 0. The Morgan fingerprint density at radius 1 is 0.652 bits per heavy atom. The molecule has 0 amide bonds. The lowest BCUT2D eigenvalue weighted by atomic mass is 10.0. The summed E-state index contributed by atoms with van der Waals surface area (Å²) >= 11 is 0. The molecule has 0 saturated carbocycles. The molecule has 3 nitrogen and oxygen atoms in total. The Balaban J connectivity index is 3.18. The molecule has 0 atom stereocenters. The van der Waals surface area contributed by atoms with Crippen LogP contribution in [0.15, 0.2) is 0 Å². The zero-order valence-electron chi connectivity index (χ0n) is 15.5. The number of hydrogen-bond acceptors (Lipinski definition) is 3. The van der Waals surface area contributed by atoms with Gasteiger partial charge in [0, 0.05) is 6.42 Å². The van der Waals surface area contributed by atoms with Gasteiger partial charge in [0.1, 0.15) is 12.2 Å². The second-order valence-electron chi connectivity index (χ2n) is 6.51. The molecule has 0 radical (unpaired) electrons. The molecule has 0 unspecified atom stereocenters. The average molecular weight is 327 g/mol. The van der Waals surface area contributed by atoms with Gasteiger partial charge in [-0.15, -0.1) is 0 Å². The zero-order valence-corrected chi connectivity index (χ0v) is 15.5. The summed E-state index contributed by atoms with van der Waals surface area (Å²) in [5.41, 5.74) is 0. The summed E-state index contributed by atoms with van der Waals surface area (Å²) in [4.78, 5) is 22.7. The number of hydrogen-bond donors (Lipinski definition) is 0. The number of rotatable bonds is 17. The summed E-state index contributed by atoms with van der Waals surface area (Å²) in [6.45, 7) is 4.37. The molecule has 0 aliphatic rings. The number of esters is 1. The summed E-state index contributed by atoms with van der Waals surface area (Å²) in [6.07, 6.45) is 17.4. The van der Waals surface area contributed by atoms with Crippen molar-refractivity contribution in [3.63, 3.8) is 0 Å². The molecular formula is C20H38O3. The van der Waals surface area contributed by atoms with Crippen LogP contribution in [0.25, 0.3) is 0 Å². The van der Waals surface area contributed by atoms with Gasteiger partial charge in [0.2, 0.25) is 0 Å². The third-order valence-electron chi connectivity index (χ3n) is 4.21. The summed E-state index contributed by atoms with van der Waals surface area (Å²) in [6, 6.07) is 0. The van der Waals surface area contributed by atoms with E-state index in [-0.39, 0.29) is 18.2 Å². The van der Waals surface area contributed by atoms with Gasteiger partial charge in [-0.25, -0.2) is 0 Å². The Labute approximate surface area is 143 Å². The van der Waals surface area contributed by atoms with Crippen LogP contribution in [0.5, 0.6) is 0 Å². The number of unbranched alkanes of at least 4 members (excludes halogenated alkanes) is 12. The largest absolute Gasteiger partial charge is 0.466 e. The van der Waals surface area contributed by atoms with Gasteiger partial charge >= 0.3 is 5.97 Å². The first kappa shape index (κ1) is 22.1. The molecule has 3 heteroatoms. The highest BCUT2D eigenvalue weighted by atomic mass is 16.5. The van der Waals surface area contributed by atoms with Gasteiger partial charge in [0.15, 0.2) is 0 Å². The van der Waals surface area contributed by atoms with Crippen LogP contribution in [0.4, 0.5) is 0 Å². The van der Waals surface area contributed by atoms with E-state index in [0.29, 0.717) is 13.0 Å². The first-order valence-corrected chi connectivity index (χ1v) is 9.88. The maximum atomic E-state index is 11.5. The lowest BCUT2D eigenvalue weighted by Crippen LogP contribution is -2.10. The smallest absolute Gasteiger partial charge is 0.313 e. The van der Waals surface area contributed by atoms with Crippen LogP contribution in [-0.2, 0) is 14.3 Å². The fourth-order valence-corrected chi connectivity index (χ4v) is 2.80. The summed E-state index contributed by atoms with van der Waals surface area (Å²) < 4.78 is 4.77. The molecule has 0 aliphatic heterocycles. The molecule has 0 fully saturated rings. The topological polar surface area (TPSA) is 43.4 Å². The molecule has 0 saturated heterocycles. The zero-order chi connectivity index (χ0) is 17.2. The minimum atomic E-state index is -0.382. The van der Waals surface area contributed by atoms with Crippen molar-refractivity contribution in [1.29, 1.82) is 0 Å². The SMILES string of the molecule is CCCCCCCCCCCCCCCC(=O)CC(=O)OCC. The first-order valence-electron chi connectivity index (χ1n) is 9.88. The molecule has 0 aliphatic carbocycles. The van der Waals surface area contributed by atoms with Gasteiger partial charge in [-0.05, 0) is 13.3 Å². The van der Waals surface area contributed by atoms with Crippen molar-refractivity contribution in [2.45, 2.75) is 110 Å². The van der Waals surface area contributed by atoms with Gasteiger partial charge in [0.25, 0.3) is 0 Å². The molecule has 0 aromatic carbocycles. The number of ketones is 1. The van der Waals surface area contributed by atoms with E-state index in [9.17, 15) is 9.59 Å². The standard InChI is InChI=1S/C20H38O3/c1-3-5-6-7-8-9-10-11-12-13-14-15-16-17-19(21)18-20(22)23-4-2/h3-18H2,1-2H3. The number of carbonyl (C=O) groups excluding carboxylic acids is 2. The van der Waals surface area contributed by atoms with E-state index < -0.39 is 0 Å². The third kappa shape index (κ3) is 17.3. The Hall–Kier alpha value is -0.860. The van der Waals surface area contributed by atoms with Gasteiger partial charge in [-0.1, -0.05) is 84.0 Å². The van der Waals surface area contributed by atoms with Crippen LogP contribution in [-0.4, -0.2) is 18.4 Å². The number of ether oxygens (including phenoxy) is 1. The fraction of sp³-hybridized carbons (Fsp3) is 0.900. The molecule has 0 rings (SSSR count). The van der Waals surface area contributed by atoms with Crippen LogP contribution >= 0.6 is 0 Å². The van der Waals surface area contributed by atoms with Crippen molar-refractivity contribution in [1.82, 2.24) is 0 Å². The van der Waals surface area contributed by atoms with E-state index in [2.05, 4.69) is 6.92 Å². The van der Waals surface area contributed by atoms with E-state index in [0.717, 1.165) is 12.8 Å². The second kappa shape index (κ2) is 17.5. The molecule has 23 heavy (non-hydrogen) atoms. The van der Waals surface area contributed by atoms with Gasteiger partial charge in [-0.2, -0.15) is 0 Å². The Kier molecular flexibility index (Phi) is 16.8. The van der Waals surface area contributed by atoms with Gasteiger partial charge < -0.3 is 4.74 Å². The van der Waals surface area contributed by atoms with Crippen molar-refractivity contribution >= 4 is 11.8 Å². The first-order chi connectivity index (χ1) is 11.2. The highest BCUT2D eigenvalue weighted by molar-refractivity contribution is 5.95. The molecule has 0 aromatic heterocycles. The Morgan fingerprint density at radius 3 is 1.52 bits per heavy atom. The molecule has 136 valence electrons. The van der Waals surface area contributed by atoms with Crippen molar-refractivity contribution in [2.24, 2.45) is 0 Å². The molecule has 0 N–H and O–H groups in total.